The first-order chi connectivity index (χ1) is 13.1. The number of aryl methyl sites for hydroxylation is 1. The lowest BCUT2D eigenvalue weighted by Gasteiger charge is -2.11. The Morgan fingerprint density at radius 3 is 2.93 bits per heavy atom. The molecule has 0 fully saturated rings. The molecule has 0 aliphatic heterocycles. The van der Waals surface area contributed by atoms with Crippen molar-refractivity contribution in [1.82, 2.24) is 20.2 Å². The topological polar surface area (TPSA) is 81.9 Å². The summed E-state index contributed by atoms with van der Waals surface area (Å²) in [7, 11) is 0. The molecule has 0 aliphatic carbocycles. The van der Waals surface area contributed by atoms with Crippen LogP contribution in [-0.4, -0.2) is 38.5 Å². The molecule has 3 rings (SSSR count). The van der Waals surface area contributed by atoms with E-state index in [9.17, 15) is 4.79 Å². The van der Waals surface area contributed by atoms with Gasteiger partial charge in [-0.25, -0.2) is 0 Å². The normalized spacial score (nSPS) is 10.6. The summed E-state index contributed by atoms with van der Waals surface area (Å²) in [4.78, 5) is 12.3. The second kappa shape index (κ2) is 8.88. The van der Waals surface area contributed by atoms with Gasteiger partial charge in [-0.2, -0.15) is 4.68 Å². The summed E-state index contributed by atoms with van der Waals surface area (Å²) in [6, 6.07) is 12.8. The van der Waals surface area contributed by atoms with Crippen LogP contribution in [0.5, 0.6) is 5.75 Å². The predicted molar refractivity (Wildman–Crippen MR) is 106 cm³/mol. The van der Waals surface area contributed by atoms with Crippen molar-refractivity contribution in [1.29, 1.82) is 0 Å². The van der Waals surface area contributed by atoms with Crippen molar-refractivity contribution in [3.8, 4) is 11.4 Å². The molecule has 7 nitrogen and oxygen atoms in total. The lowest BCUT2D eigenvalue weighted by atomic mass is 10.2. The Bertz CT molecular complexity index is 947. The number of nitrogens with one attached hydrogen (secondary N) is 1. The van der Waals surface area contributed by atoms with Crippen LogP contribution in [0.25, 0.3) is 5.69 Å². The quantitative estimate of drug-likeness (QED) is 0.605. The van der Waals surface area contributed by atoms with Gasteiger partial charge < -0.3 is 10.1 Å². The molecule has 0 saturated heterocycles. The average molecular weight is 404 g/mol. The van der Waals surface area contributed by atoms with Crippen LogP contribution in [0.3, 0.4) is 0 Å². The molecule has 9 heteroatoms. The number of ether oxygens (including phenoxy) is 1. The van der Waals surface area contributed by atoms with Gasteiger partial charge in [0.2, 0.25) is 11.1 Å². The van der Waals surface area contributed by atoms with E-state index in [0.29, 0.717) is 28.2 Å². The number of hydrogen-bond donors (Lipinski definition) is 1. The van der Waals surface area contributed by atoms with Gasteiger partial charge >= 0.3 is 0 Å². The SMILES string of the molecule is CCOc1ccccc1-n1nnnc1SCC(=O)Nc1cc(Cl)ccc1C. The second-order valence-corrected chi connectivity index (χ2v) is 6.95. The smallest absolute Gasteiger partial charge is 0.234 e. The number of aromatic nitrogens is 4. The third-order valence-electron chi connectivity index (χ3n) is 3.64. The molecule has 0 radical (unpaired) electrons. The molecule has 3 aromatic rings. The lowest BCUT2D eigenvalue weighted by molar-refractivity contribution is -0.113. The fourth-order valence-electron chi connectivity index (χ4n) is 2.38. The third-order valence-corrected chi connectivity index (χ3v) is 4.79. The highest BCUT2D eigenvalue weighted by atomic mass is 35.5. The van der Waals surface area contributed by atoms with E-state index in [0.717, 1.165) is 11.3 Å². The van der Waals surface area contributed by atoms with E-state index in [1.165, 1.54) is 11.8 Å². The molecule has 0 spiro atoms. The van der Waals surface area contributed by atoms with Crippen LogP contribution in [-0.2, 0) is 4.79 Å². The zero-order valence-corrected chi connectivity index (χ0v) is 16.4. The highest BCUT2D eigenvalue weighted by molar-refractivity contribution is 7.99. The molecule has 1 amide bonds. The van der Waals surface area contributed by atoms with E-state index in [1.54, 1.807) is 16.8 Å². The van der Waals surface area contributed by atoms with Crippen molar-refractivity contribution in [3.63, 3.8) is 0 Å². The fraction of sp³-hybridized carbons (Fsp3) is 0.222. The van der Waals surface area contributed by atoms with Crippen LogP contribution in [0.4, 0.5) is 5.69 Å². The van der Waals surface area contributed by atoms with Crippen LogP contribution in [0, 0.1) is 6.92 Å². The minimum atomic E-state index is -0.169. The van der Waals surface area contributed by atoms with Crippen LogP contribution < -0.4 is 10.1 Å². The summed E-state index contributed by atoms with van der Waals surface area (Å²) in [6.45, 7) is 4.35. The molecule has 27 heavy (non-hydrogen) atoms. The molecule has 0 aliphatic rings. The van der Waals surface area contributed by atoms with Gasteiger partial charge in [0, 0.05) is 10.7 Å². The molecular weight excluding hydrogens is 386 g/mol. The van der Waals surface area contributed by atoms with Gasteiger partial charge in [0.05, 0.1) is 12.4 Å². The Hall–Kier alpha value is -2.58. The lowest BCUT2D eigenvalue weighted by Crippen LogP contribution is -2.15. The number of nitrogens with zero attached hydrogens (tertiary/aromatic N) is 4. The third kappa shape index (κ3) is 4.78. The minimum absolute atomic E-state index is 0.156. The number of carbonyl (C=O) groups excluding carboxylic acids is 1. The Balaban J connectivity index is 1.70. The van der Waals surface area contributed by atoms with Gasteiger partial charge in [-0.3, -0.25) is 4.79 Å². The van der Waals surface area contributed by atoms with Gasteiger partial charge in [0.25, 0.3) is 0 Å². The predicted octanol–water partition coefficient (Wildman–Crippen LogP) is 3.75. The van der Waals surface area contributed by atoms with Crippen molar-refractivity contribution in [3.05, 3.63) is 53.1 Å². The van der Waals surface area contributed by atoms with E-state index >= 15 is 0 Å². The molecule has 0 saturated carbocycles. The Kier molecular flexibility index (Phi) is 6.31. The van der Waals surface area contributed by atoms with Crippen molar-refractivity contribution in [2.45, 2.75) is 19.0 Å². The minimum Gasteiger partial charge on any atom is -0.492 e. The first-order valence-corrected chi connectivity index (χ1v) is 9.64. The summed E-state index contributed by atoms with van der Waals surface area (Å²) in [5, 5.41) is 15.7. The van der Waals surface area contributed by atoms with E-state index in [2.05, 4.69) is 20.8 Å². The number of amides is 1. The summed E-state index contributed by atoms with van der Waals surface area (Å²) < 4.78 is 7.19. The summed E-state index contributed by atoms with van der Waals surface area (Å²) in [5.41, 5.74) is 2.35. The van der Waals surface area contributed by atoms with Crippen LogP contribution in [0.15, 0.2) is 47.6 Å². The monoisotopic (exact) mass is 403 g/mol. The summed E-state index contributed by atoms with van der Waals surface area (Å²) in [6.07, 6.45) is 0. The molecule has 0 bridgehead atoms. The van der Waals surface area contributed by atoms with E-state index in [-0.39, 0.29) is 11.7 Å². The fourth-order valence-corrected chi connectivity index (χ4v) is 3.23. The summed E-state index contributed by atoms with van der Waals surface area (Å²) in [5.74, 6) is 0.662. The van der Waals surface area contributed by atoms with E-state index in [1.807, 2.05) is 44.2 Å². The first kappa shape index (κ1) is 19.2. The van der Waals surface area contributed by atoms with Gasteiger partial charge in [-0.1, -0.05) is 41.6 Å². The first-order valence-electron chi connectivity index (χ1n) is 8.28. The highest BCUT2D eigenvalue weighted by Gasteiger charge is 2.15. The van der Waals surface area contributed by atoms with Crippen LogP contribution >= 0.6 is 23.4 Å². The number of thioether (sulfide) groups is 1. The van der Waals surface area contributed by atoms with Crippen molar-refractivity contribution in [2.75, 3.05) is 17.7 Å². The second-order valence-electron chi connectivity index (χ2n) is 5.57. The number of carbonyl (C=O) groups is 1. The molecule has 0 unspecified atom stereocenters. The number of benzene rings is 2. The van der Waals surface area contributed by atoms with Crippen molar-refractivity contribution < 1.29 is 9.53 Å². The standard InChI is InChI=1S/C18H18ClN5O2S/c1-3-26-16-7-5-4-6-15(16)24-18(21-22-23-24)27-11-17(25)20-14-10-13(19)9-8-12(14)2/h4-10H,3,11H2,1-2H3,(H,20,25). The molecular formula is C18H18ClN5O2S. The zero-order valence-electron chi connectivity index (χ0n) is 14.8. The van der Waals surface area contributed by atoms with Crippen molar-refractivity contribution >= 4 is 35.0 Å². The molecule has 0 atom stereocenters. The maximum atomic E-state index is 12.3. The number of anilines is 1. The summed E-state index contributed by atoms with van der Waals surface area (Å²) >= 11 is 7.23. The number of hydrogen-bond acceptors (Lipinski definition) is 6. The largest absolute Gasteiger partial charge is 0.492 e. The number of rotatable bonds is 7. The number of para-hydroxylation sites is 2. The Labute approximate surface area is 166 Å². The maximum Gasteiger partial charge on any atom is 0.234 e. The number of tetrazole rings is 1. The highest BCUT2D eigenvalue weighted by Crippen LogP contribution is 2.26. The zero-order chi connectivity index (χ0) is 19.2. The van der Waals surface area contributed by atoms with E-state index < -0.39 is 0 Å². The van der Waals surface area contributed by atoms with Crippen LogP contribution in [0.2, 0.25) is 5.02 Å². The van der Waals surface area contributed by atoms with E-state index in [4.69, 9.17) is 16.3 Å². The average Bonchev–Trinajstić information content (AvgIpc) is 3.12. The van der Waals surface area contributed by atoms with Crippen LogP contribution in [0.1, 0.15) is 12.5 Å². The molecule has 1 heterocycles. The van der Waals surface area contributed by atoms with Gasteiger partial charge in [0.15, 0.2) is 0 Å². The van der Waals surface area contributed by atoms with Gasteiger partial charge in [-0.05, 0) is 54.1 Å². The molecule has 1 N–H and O–H groups in total. The molecule has 1 aromatic heterocycles. The Morgan fingerprint density at radius 1 is 1.30 bits per heavy atom. The van der Waals surface area contributed by atoms with Gasteiger partial charge in [0.1, 0.15) is 11.4 Å². The van der Waals surface area contributed by atoms with Crippen molar-refractivity contribution in [2.24, 2.45) is 0 Å². The maximum absolute atomic E-state index is 12.3. The van der Waals surface area contributed by atoms with Gasteiger partial charge in [-0.15, -0.1) is 5.10 Å². The number of halogens is 1. The Morgan fingerprint density at radius 2 is 2.11 bits per heavy atom. The molecule has 2 aromatic carbocycles. The molecule has 140 valence electrons.